The number of thiocarbonyl (C=S) groups is 1. The molecule has 0 aliphatic carbocycles. The van der Waals surface area contributed by atoms with Crippen LogP contribution in [0.4, 0.5) is 5.69 Å². The van der Waals surface area contributed by atoms with Crippen LogP contribution in [0.3, 0.4) is 0 Å². The Balaban J connectivity index is 1.84. The van der Waals surface area contributed by atoms with Gasteiger partial charge in [-0.2, -0.15) is 0 Å². The van der Waals surface area contributed by atoms with Crippen LogP contribution in [0.25, 0.3) is 0 Å². The molecule has 0 bridgehead atoms. The molecule has 3 rings (SSSR count). The number of carbonyl (C=O) groups excluding carboxylic acids is 1. The Morgan fingerprint density at radius 1 is 1.14 bits per heavy atom. The number of hydrogen-bond acceptors (Lipinski definition) is 3. The molecular weight excluding hydrogens is 296 g/mol. The maximum atomic E-state index is 12.3. The zero-order valence-corrected chi connectivity index (χ0v) is 13.0. The molecule has 1 saturated heterocycles. The van der Waals surface area contributed by atoms with E-state index >= 15 is 0 Å². The van der Waals surface area contributed by atoms with Crippen molar-refractivity contribution in [2.75, 3.05) is 4.90 Å². The number of anilines is 1. The second-order valence-electron chi connectivity index (χ2n) is 5.08. The fourth-order valence-corrected chi connectivity index (χ4v) is 2.73. The van der Waals surface area contributed by atoms with E-state index in [0.717, 1.165) is 17.0 Å². The van der Waals surface area contributed by atoms with Gasteiger partial charge in [0.15, 0.2) is 5.11 Å². The first kappa shape index (κ1) is 14.5. The summed E-state index contributed by atoms with van der Waals surface area (Å²) in [5.74, 6) is 0.747. The minimum Gasteiger partial charge on any atom is -0.489 e. The molecule has 1 heterocycles. The predicted molar refractivity (Wildman–Crippen MR) is 89.9 cm³/mol. The van der Waals surface area contributed by atoms with E-state index in [1.165, 1.54) is 0 Å². The highest BCUT2D eigenvalue weighted by molar-refractivity contribution is 7.80. The SMILES string of the molecule is CC1NC(=S)N(c2ccccc2COc2ccccc2)C1=O. The first-order valence-electron chi connectivity index (χ1n) is 7.07. The molecule has 1 unspecified atom stereocenters. The molecule has 22 heavy (non-hydrogen) atoms. The summed E-state index contributed by atoms with van der Waals surface area (Å²) in [6.07, 6.45) is 0. The van der Waals surface area contributed by atoms with Crippen LogP contribution in [0.1, 0.15) is 12.5 Å². The molecule has 0 spiro atoms. The summed E-state index contributed by atoms with van der Waals surface area (Å²) in [4.78, 5) is 13.8. The highest BCUT2D eigenvalue weighted by atomic mass is 32.1. The highest BCUT2D eigenvalue weighted by Crippen LogP contribution is 2.25. The quantitative estimate of drug-likeness (QED) is 0.882. The largest absolute Gasteiger partial charge is 0.489 e. The molecule has 2 aromatic carbocycles. The molecular formula is C17H16N2O2S. The average molecular weight is 312 g/mol. The lowest BCUT2D eigenvalue weighted by Crippen LogP contribution is -2.31. The summed E-state index contributed by atoms with van der Waals surface area (Å²) in [6.45, 7) is 2.18. The fourth-order valence-electron chi connectivity index (χ4n) is 2.36. The van der Waals surface area contributed by atoms with Crippen molar-refractivity contribution in [1.29, 1.82) is 0 Å². The third-order valence-electron chi connectivity index (χ3n) is 3.50. The second kappa shape index (κ2) is 6.15. The van der Waals surface area contributed by atoms with E-state index in [4.69, 9.17) is 17.0 Å². The van der Waals surface area contributed by atoms with Crippen molar-refractivity contribution < 1.29 is 9.53 Å². The van der Waals surface area contributed by atoms with Crippen LogP contribution < -0.4 is 15.0 Å². The van der Waals surface area contributed by atoms with Gasteiger partial charge in [-0.1, -0.05) is 36.4 Å². The second-order valence-corrected chi connectivity index (χ2v) is 5.46. The number of para-hydroxylation sites is 2. The Labute approximate surface area is 134 Å². The Hall–Kier alpha value is -2.40. The van der Waals surface area contributed by atoms with E-state index in [9.17, 15) is 4.79 Å². The lowest BCUT2D eigenvalue weighted by atomic mass is 10.1. The van der Waals surface area contributed by atoms with Crippen molar-refractivity contribution in [2.24, 2.45) is 0 Å². The third kappa shape index (κ3) is 2.80. The number of rotatable bonds is 4. The maximum Gasteiger partial charge on any atom is 0.255 e. The van der Waals surface area contributed by atoms with Gasteiger partial charge < -0.3 is 10.1 Å². The molecule has 1 atom stereocenters. The lowest BCUT2D eigenvalue weighted by Gasteiger charge is -2.19. The summed E-state index contributed by atoms with van der Waals surface area (Å²) < 4.78 is 5.79. The van der Waals surface area contributed by atoms with Crippen LogP contribution >= 0.6 is 12.2 Å². The first-order chi connectivity index (χ1) is 10.7. The minimum absolute atomic E-state index is 0.0443. The van der Waals surface area contributed by atoms with E-state index < -0.39 is 0 Å². The van der Waals surface area contributed by atoms with Gasteiger partial charge in [0, 0.05) is 5.56 Å². The van der Waals surface area contributed by atoms with Gasteiger partial charge in [-0.05, 0) is 37.3 Å². The topological polar surface area (TPSA) is 41.6 Å². The molecule has 1 aliphatic rings. The molecule has 1 aliphatic heterocycles. The number of ether oxygens (including phenoxy) is 1. The number of carbonyl (C=O) groups is 1. The molecule has 1 fully saturated rings. The Morgan fingerprint density at radius 2 is 1.82 bits per heavy atom. The summed E-state index contributed by atoms with van der Waals surface area (Å²) in [6, 6.07) is 16.9. The number of benzene rings is 2. The van der Waals surface area contributed by atoms with E-state index in [0.29, 0.717) is 11.7 Å². The number of nitrogens with zero attached hydrogens (tertiary/aromatic N) is 1. The van der Waals surface area contributed by atoms with Crippen molar-refractivity contribution in [2.45, 2.75) is 19.6 Å². The number of nitrogens with one attached hydrogen (secondary N) is 1. The molecule has 0 radical (unpaired) electrons. The summed E-state index contributed by atoms with van der Waals surface area (Å²) in [5.41, 5.74) is 1.68. The van der Waals surface area contributed by atoms with Crippen LogP contribution in [-0.2, 0) is 11.4 Å². The molecule has 0 saturated carbocycles. The molecule has 5 heteroatoms. The summed E-state index contributed by atoms with van der Waals surface area (Å²) >= 11 is 5.27. The molecule has 0 aromatic heterocycles. The van der Waals surface area contributed by atoms with Crippen molar-refractivity contribution in [3.8, 4) is 5.75 Å². The molecule has 2 aromatic rings. The molecule has 1 N–H and O–H groups in total. The fraction of sp³-hybridized carbons (Fsp3) is 0.176. The Kier molecular flexibility index (Phi) is 4.06. The highest BCUT2D eigenvalue weighted by Gasteiger charge is 2.34. The normalized spacial score (nSPS) is 17.5. The molecule has 4 nitrogen and oxygen atoms in total. The van der Waals surface area contributed by atoms with Gasteiger partial charge >= 0.3 is 0 Å². The minimum atomic E-state index is -0.296. The van der Waals surface area contributed by atoms with Gasteiger partial charge in [0.25, 0.3) is 5.91 Å². The van der Waals surface area contributed by atoms with Crippen LogP contribution in [0.15, 0.2) is 54.6 Å². The van der Waals surface area contributed by atoms with Gasteiger partial charge in [-0.25, -0.2) is 0 Å². The standard InChI is InChI=1S/C17H16N2O2S/c1-12-16(20)19(17(22)18-12)15-10-6-5-7-13(15)11-21-14-8-3-2-4-9-14/h2-10,12H,11H2,1H3,(H,18,22). The Bertz CT molecular complexity index is 703. The molecule has 1 amide bonds. The van der Waals surface area contributed by atoms with Crippen molar-refractivity contribution in [3.63, 3.8) is 0 Å². The van der Waals surface area contributed by atoms with Gasteiger partial charge in [0.1, 0.15) is 18.4 Å². The van der Waals surface area contributed by atoms with Gasteiger partial charge in [-0.3, -0.25) is 9.69 Å². The van der Waals surface area contributed by atoms with E-state index in [1.54, 1.807) is 11.8 Å². The van der Waals surface area contributed by atoms with Crippen LogP contribution in [0.2, 0.25) is 0 Å². The zero-order valence-electron chi connectivity index (χ0n) is 12.2. The van der Waals surface area contributed by atoms with Gasteiger partial charge in [0.05, 0.1) is 5.69 Å². The predicted octanol–water partition coefficient (Wildman–Crippen LogP) is 2.88. The van der Waals surface area contributed by atoms with Crippen LogP contribution in [0, 0.1) is 0 Å². The van der Waals surface area contributed by atoms with Gasteiger partial charge in [-0.15, -0.1) is 0 Å². The maximum absolute atomic E-state index is 12.3. The monoisotopic (exact) mass is 312 g/mol. The van der Waals surface area contributed by atoms with E-state index in [2.05, 4.69) is 5.32 Å². The summed E-state index contributed by atoms with van der Waals surface area (Å²) in [5, 5.41) is 3.42. The smallest absolute Gasteiger partial charge is 0.255 e. The lowest BCUT2D eigenvalue weighted by molar-refractivity contribution is -0.117. The molecule has 112 valence electrons. The number of amides is 1. The van der Waals surface area contributed by atoms with Crippen molar-refractivity contribution in [1.82, 2.24) is 5.32 Å². The van der Waals surface area contributed by atoms with Crippen LogP contribution in [-0.4, -0.2) is 17.1 Å². The van der Waals surface area contributed by atoms with Crippen molar-refractivity contribution >= 4 is 28.9 Å². The first-order valence-corrected chi connectivity index (χ1v) is 7.48. The van der Waals surface area contributed by atoms with Gasteiger partial charge in [0.2, 0.25) is 0 Å². The van der Waals surface area contributed by atoms with Crippen LogP contribution in [0.5, 0.6) is 5.75 Å². The summed E-state index contributed by atoms with van der Waals surface area (Å²) in [7, 11) is 0. The zero-order chi connectivity index (χ0) is 15.5. The van der Waals surface area contributed by atoms with E-state index in [1.807, 2.05) is 54.6 Å². The number of hydrogen-bond donors (Lipinski definition) is 1. The van der Waals surface area contributed by atoms with E-state index in [-0.39, 0.29) is 11.9 Å². The average Bonchev–Trinajstić information content (AvgIpc) is 2.79. The Morgan fingerprint density at radius 3 is 2.50 bits per heavy atom. The third-order valence-corrected chi connectivity index (χ3v) is 3.80. The van der Waals surface area contributed by atoms with Crippen molar-refractivity contribution in [3.05, 3.63) is 60.2 Å².